The van der Waals surface area contributed by atoms with Gasteiger partial charge in [-0.1, -0.05) is 27.7 Å². The summed E-state index contributed by atoms with van der Waals surface area (Å²) in [6.07, 6.45) is 11.7. The molecule has 0 aromatic heterocycles. The van der Waals surface area contributed by atoms with Crippen molar-refractivity contribution in [3.63, 3.8) is 0 Å². The Labute approximate surface area is 177 Å². The van der Waals surface area contributed by atoms with Crippen LogP contribution in [0, 0.1) is 51.2 Å². The third-order valence-electron chi connectivity index (χ3n) is 12.5. The topological polar surface area (TPSA) is 49.7 Å². The molecule has 3 heteroatoms. The van der Waals surface area contributed by atoms with E-state index in [0.717, 1.165) is 30.6 Å². The minimum atomic E-state index is -0.119. The summed E-state index contributed by atoms with van der Waals surface area (Å²) in [4.78, 5) is 0. The molecule has 29 heavy (non-hydrogen) atoms. The SMILES string of the molecule is C[C@@H]1C23CC[C@H](O)C(C)(C)C2CC[C@H]2C4CC5O[C@@H](CO)CCC5[C@@]4(C)CC[C@]123. The molecule has 2 spiro atoms. The van der Waals surface area contributed by atoms with E-state index in [0.29, 0.717) is 34.2 Å². The zero-order chi connectivity index (χ0) is 20.4. The molecule has 0 aromatic rings. The Morgan fingerprint density at radius 2 is 1.62 bits per heavy atom. The van der Waals surface area contributed by atoms with Crippen LogP contribution in [0.15, 0.2) is 0 Å². The van der Waals surface area contributed by atoms with Crippen molar-refractivity contribution in [3.05, 3.63) is 0 Å². The normalized spacial score (nSPS) is 62.3. The average molecular weight is 403 g/mol. The molecule has 6 aliphatic rings. The first-order valence-electron chi connectivity index (χ1n) is 12.7. The summed E-state index contributed by atoms with van der Waals surface area (Å²) in [6.45, 7) is 10.1. The predicted octanol–water partition coefficient (Wildman–Crippen LogP) is 4.79. The van der Waals surface area contributed by atoms with E-state index in [9.17, 15) is 10.2 Å². The van der Waals surface area contributed by atoms with Crippen molar-refractivity contribution in [2.45, 2.75) is 104 Å². The van der Waals surface area contributed by atoms with Gasteiger partial charge in [-0.05, 0) is 109 Å². The third kappa shape index (κ3) is 2.03. The van der Waals surface area contributed by atoms with Gasteiger partial charge in [-0.3, -0.25) is 0 Å². The van der Waals surface area contributed by atoms with E-state index in [1.807, 2.05) is 0 Å². The number of aliphatic hydroxyl groups excluding tert-OH is 2. The fourth-order valence-electron chi connectivity index (χ4n) is 11.2. The van der Waals surface area contributed by atoms with Crippen molar-refractivity contribution >= 4 is 0 Å². The number of fused-ring (bicyclic) bond motifs is 4. The van der Waals surface area contributed by atoms with Gasteiger partial charge in [0.1, 0.15) is 0 Å². The van der Waals surface area contributed by atoms with Gasteiger partial charge in [0.2, 0.25) is 0 Å². The summed E-state index contributed by atoms with van der Waals surface area (Å²) >= 11 is 0. The maximum Gasteiger partial charge on any atom is 0.0809 e. The van der Waals surface area contributed by atoms with Crippen LogP contribution in [0.1, 0.15) is 85.5 Å². The van der Waals surface area contributed by atoms with Crippen molar-refractivity contribution in [2.24, 2.45) is 51.2 Å². The van der Waals surface area contributed by atoms with Crippen molar-refractivity contribution < 1.29 is 14.9 Å². The number of hydrogen-bond donors (Lipinski definition) is 2. The van der Waals surface area contributed by atoms with Gasteiger partial charge in [0.05, 0.1) is 24.9 Å². The van der Waals surface area contributed by atoms with Crippen LogP contribution in [-0.2, 0) is 4.74 Å². The molecule has 1 aliphatic heterocycles. The highest BCUT2D eigenvalue weighted by Crippen LogP contribution is 2.89. The van der Waals surface area contributed by atoms with Gasteiger partial charge in [-0.15, -0.1) is 0 Å². The maximum atomic E-state index is 10.8. The third-order valence-corrected chi connectivity index (χ3v) is 12.5. The van der Waals surface area contributed by atoms with Crippen LogP contribution in [0.4, 0.5) is 0 Å². The van der Waals surface area contributed by atoms with Crippen LogP contribution in [0.5, 0.6) is 0 Å². The van der Waals surface area contributed by atoms with Gasteiger partial charge in [0, 0.05) is 0 Å². The highest BCUT2D eigenvalue weighted by molar-refractivity contribution is 5.32. The van der Waals surface area contributed by atoms with Crippen LogP contribution >= 0.6 is 0 Å². The lowest BCUT2D eigenvalue weighted by Crippen LogP contribution is -2.54. The Kier molecular flexibility index (Phi) is 3.92. The Bertz CT molecular complexity index is 704. The van der Waals surface area contributed by atoms with Crippen LogP contribution in [-0.4, -0.2) is 35.1 Å². The van der Waals surface area contributed by atoms with Crippen LogP contribution in [0.2, 0.25) is 0 Å². The van der Waals surface area contributed by atoms with Gasteiger partial charge in [-0.25, -0.2) is 0 Å². The second-order valence-corrected chi connectivity index (χ2v) is 12.9. The number of hydrogen-bond acceptors (Lipinski definition) is 3. The molecule has 1 heterocycles. The first-order valence-corrected chi connectivity index (χ1v) is 12.7. The van der Waals surface area contributed by atoms with Crippen molar-refractivity contribution in [1.82, 2.24) is 0 Å². The van der Waals surface area contributed by atoms with E-state index in [4.69, 9.17) is 4.74 Å². The predicted molar refractivity (Wildman–Crippen MR) is 113 cm³/mol. The summed E-state index contributed by atoms with van der Waals surface area (Å²) < 4.78 is 6.44. The maximum absolute atomic E-state index is 10.8. The number of aliphatic hydroxyl groups is 2. The smallest absolute Gasteiger partial charge is 0.0809 e. The van der Waals surface area contributed by atoms with Crippen molar-refractivity contribution in [3.8, 4) is 0 Å². The standard InChI is InChI=1S/C26H42O3/c1-15-25-12-11-24(4)18-6-5-16(14-27)29-20(18)13-19(24)17(25)7-8-21-23(2,3)22(28)9-10-26(15,21)25/h15-22,27-28H,5-14H2,1-4H3/t15-,16+,17-,18?,19?,20?,21?,22-,24+,25-,26?/m0/s1. The van der Waals surface area contributed by atoms with Gasteiger partial charge in [-0.2, -0.15) is 0 Å². The molecule has 0 aromatic carbocycles. The molecule has 5 unspecified atom stereocenters. The molecular weight excluding hydrogens is 360 g/mol. The molecule has 5 aliphatic carbocycles. The largest absolute Gasteiger partial charge is 0.394 e. The lowest BCUT2D eigenvalue weighted by atomic mass is 9.46. The quantitative estimate of drug-likeness (QED) is 0.663. The minimum absolute atomic E-state index is 0.0723. The van der Waals surface area contributed by atoms with E-state index in [2.05, 4.69) is 27.7 Å². The molecule has 0 bridgehead atoms. The van der Waals surface area contributed by atoms with E-state index >= 15 is 0 Å². The highest BCUT2D eigenvalue weighted by Gasteiger charge is 2.84. The van der Waals surface area contributed by atoms with Crippen molar-refractivity contribution in [1.29, 1.82) is 0 Å². The number of ether oxygens (including phenoxy) is 1. The average Bonchev–Trinajstić information content (AvgIpc) is 3.08. The minimum Gasteiger partial charge on any atom is -0.394 e. The first kappa shape index (κ1) is 19.6. The Morgan fingerprint density at radius 1 is 0.862 bits per heavy atom. The zero-order valence-electron chi connectivity index (χ0n) is 19.0. The second kappa shape index (κ2) is 5.81. The zero-order valence-corrected chi connectivity index (χ0v) is 19.0. The van der Waals surface area contributed by atoms with Crippen molar-refractivity contribution in [2.75, 3.05) is 6.61 Å². The molecule has 164 valence electrons. The second-order valence-electron chi connectivity index (χ2n) is 12.9. The molecular formula is C26H42O3. The molecule has 11 atom stereocenters. The first-order chi connectivity index (χ1) is 13.7. The van der Waals surface area contributed by atoms with Crippen LogP contribution in [0.25, 0.3) is 0 Å². The Morgan fingerprint density at radius 3 is 2.38 bits per heavy atom. The van der Waals surface area contributed by atoms with E-state index in [1.165, 1.54) is 44.9 Å². The summed E-state index contributed by atoms with van der Waals surface area (Å²) in [5, 5.41) is 20.5. The molecule has 1 saturated heterocycles. The number of rotatable bonds is 1. The van der Waals surface area contributed by atoms with Crippen LogP contribution < -0.4 is 0 Å². The molecule has 0 radical (unpaired) electrons. The lowest BCUT2D eigenvalue weighted by molar-refractivity contribution is -0.136. The van der Waals surface area contributed by atoms with E-state index in [1.54, 1.807) is 0 Å². The Balaban J connectivity index is 1.35. The lowest BCUT2D eigenvalue weighted by Gasteiger charge is -2.59. The summed E-state index contributed by atoms with van der Waals surface area (Å²) in [5.41, 5.74) is 1.56. The highest BCUT2D eigenvalue weighted by atomic mass is 16.5. The molecule has 6 rings (SSSR count). The molecule has 6 fully saturated rings. The fraction of sp³-hybridized carbons (Fsp3) is 1.00. The monoisotopic (exact) mass is 402 g/mol. The summed E-state index contributed by atoms with van der Waals surface area (Å²) in [7, 11) is 0. The van der Waals surface area contributed by atoms with Gasteiger partial charge >= 0.3 is 0 Å². The molecule has 0 amide bonds. The van der Waals surface area contributed by atoms with Crippen LogP contribution in [0.3, 0.4) is 0 Å². The molecule has 2 N–H and O–H groups in total. The van der Waals surface area contributed by atoms with E-state index < -0.39 is 0 Å². The van der Waals surface area contributed by atoms with E-state index in [-0.39, 0.29) is 24.2 Å². The van der Waals surface area contributed by atoms with Gasteiger partial charge in [0.25, 0.3) is 0 Å². The fourth-order valence-corrected chi connectivity index (χ4v) is 11.2. The van der Waals surface area contributed by atoms with Gasteiger partial charge in [0.15, 0.2) is 0 Å². The van der Waals surface area contributed by atoms with Gasteiger partial charge < -0.3 is 14.9 Å². The molecule has 5 saturated carbocycles. The molecule has 3 nitrogen and oxygen atoms in total. The summed E-state index contributed by atoms with van der Waals surface area (Å²) in [6, 6.07) is 0. The Hall–Kier alpha value is -0.120. The summed E-state index contributed by atoms with van der Waals surface area (Å²) in [5.74, 6) is 3.91.